The molecule has 2 aliphatic rings. The summed E-state index contributed by atoms with van der Waals surface area (Å²) in [4.78, 5) is 19.1. The lowest BCUT2D eigenvalue weighted by atomic mass is 9.92. The van der Waals surface area contributed by atoms with Crippen LogP contribution >= 0.6 is 0 Å². The van der Waals surface area contributed by atoms with Crippen molar-refractivity contribution < 1.29 is 4.79 Å². The number of carbonyl (C=O) groups is 1. The number of hydrogen-bond acceptors (Lipinski definition) is 2. The maximum Gasteiger partial charge on any atom is 0.222 e. The van der Waals surface area contributed by atoms with Crippen molar-refractivity contribution in [1.29, 1.82) is 0 Å². The number of hydrogen-bond donors (Lipinski definition) is 2. The second-order valence-electron chi connectivity index (χ2n) is 7.39. The number of aliphatic imine (C=N–C) groups is 1. The van der Waals surface area contributed by atoms with Crippen molar-refractivity contribution in [2.75, 3.05) is 26.2 Å². The number of nitrogens with one attached hydrogen (secondary N) is 2. The summed E-state index contributed by atoms with van der Waals surface area (Å²) >= 11 is 0. The molecule has 23 heavy (non-hydrogen) atoms. The fraction of sp³-hybridized carbons (Fsp3) is 0.889. The van der Waals surface area contributed by atoms with Gasteiger partial charge in [0.15, 0.2) is 5.96 Å². The molecule has 132 valence electrons. The number of rotatable bonds is 5. The number of nitrogens with zero attached hydrogens (tertiary/aromatic N) is 2. The normalized spacial score (nSPS) is 26.4. The second kappa shape index (κ2) is 9.14. The average Bonchev–Trinajstić information content (AvgIpc) is 2.98. The smallest absolute Gasteiger partial charge is 0.222 e. The first-order chi connectivity index (χ1) is 11.1. The molecule has 5 heteroatoms. The first-order valence-corrected chi connectivity index (χ1v) is 9.41. The highest BCUT2D eigenvalue weighted by Gasteiger charge is 2.24. The topological polar surface area (TPSA) is 56.7 Å². The molecule has 5 nitrogen and oxygen atoms in total. The van der Waals surface area contributed by atoms with E-state index in [2.05, 4.69) is 36.3 Å². The van der Waals surface area contributed by atoms with Crippen molar-refractivity contribution in [2.24, 2.45) is 16.8 Å². The zero-order valence-corrected chi connectivity index (χ0v) is 15.1. The van der Waals surface area contributed by atoms with Crippen LogP contribution in [0.25, 0.3) is 0 Å². The highest BCUT2D eigenvalue weighted by Crippen LogP contribution is 2.21. The fourth-order valence-electron chi connectivity index (χ4n) is 3.90. The van der Waals surface area contributed by atoms with Crippen LogP contribution in [0.15, 0.2) is 4.99 Å². The Labute approximate surface area is 141 Å². The van der Waals surface area contributed by atoms with Crippen LogP contribution < -0.4 is 10.6 Å². The molecule has 0 aromatic heterocycles. The van der Waals surface area contributed by atoms with Gasteiger partial charge >= 0.3 is 0 Å². The van der Waals surface area contributed by atoms with Gasteiger partial charge in [-0.1, -0.05) is 26.7 Å². The SMILES string of the molecule is CCNC(=NCCC(=O)NC1CCCC1)N1CC(C)CC(C)C1. The third-order valence-electron chi connectivity index (χ3n) is 4.82. The Morgan fingerprint density at radius 2 is 1.83 bits per heavy atom. The van der Waals surface area contributed by atoms with Gasteiger partial charge in [0.05, 0.1) is 6.54 Å². The van der Waals surface area contributed by atoms with E-state index in [0.717, 1.165) is 38.4 Å². The van der Waals surface area contributed by atoms with Crippen molar-refractivity contribution in [2.45, 2.75) is 65.3 Å². The van der Waals surface area contributed by atoms with Crippen molar-refractivity contribution in [3.63, 3.8) is 0 Å². The minimum absolute atomic E-state index is 0.150. The number of carbonyl (C=O) groups excluding carboxylic acids is 1. The summed E-state index contributed by atoms with van der Waals surface area (Å²) in [5.74, 6) is 2.53. The molecule has 1 aliphatic heterocycles. The monoisotopic (exact) mass is 322 g/mol. The van der Waals surface area contributed by atoms with Crippen molar-refractivity contribution in [3.05, 3.63) is 0 Å². The van der Waals surface area contributed by atoms with Crippen LogP contribution in [0, 0.1) is 11.8 Å². The summed E-state index contributed by atoms with van der Waals surface area (Å²) in [6.45, 7) is 10.3. The van der Waals surface area contributed by atoms with E-state index in [0.29, 0.717) is 30.8 Å². The van der Waals surface area contributed by atoms with Gasteiger partial charge in [0, 0.05) is 32.1 Å². The molecule has 1 saturated carbocycles. The summed E-state index contributed by atoms with van der Waals surface area (Å²) in [6, 6.07) is 0.406. The lowest BCUT2D eigenvalue weighted by Crippen LogP contribution is -2.48. The predicted molar refractivity (Wildman–Crippen MR) is 95.5 cm³/mol. The molecule has 0 bridgehead atoms. The lowest BCUT2D eigenvalue weighted by Gasteiger charge is -2.37. The van der Waals surface area contributed by atoms with Crippen molar-refractivity contribution in [1.82, 2.24) is 15.5 Å². The van der Waals surface area contributed by atoms with E-state index >= 15 is 0 Å². The molecular weight excluding hydrogens is 288 g/mol. The van der Waals surface area contributed by atoms with Gasteiger partial charge in [0.1, 0.15) is 0 Å². The summed E-state index contributed by atoms with van der Waals surface area (Å²) in [6.07, 6.45) is 6.56. The third kappa shape index (κ3) is 6.04. The second-order valence-corrected chi connectivity index (χ2v) is 7.39. The van der Waals surface area contributed by atoms with Crippen LogP contribution in [-0.2, 0) is 4.79 Å². The molecule has 2 N–H and O–H groups in total. The molecule has 1 aliphatic carbocycles. The van der Waals surface area contributed by atoms with Crippen molar-refractivity contribution >= 4 is 11.9 Å². The van der Waals surface area contributed by atoms with Crippen LogP contribution in [0.4, 0.5) is 0 Å². The molecular formula is C18H34N4O. The van der Waals surface area contributed by atoms with Gasteiger partial charge in [0.2, 0.25) is 5.91 Å². The lowest BCUT2D eigenvalue weighted by molar-refractivity contribution is -0.121. The maximum absolute atomic E-state index is 12.0. The third-order valence-corrected chi connectivity index (χ3v) is 4.82. The van der Waals surface area contributed by atoms with Gasteiger partial charge < -0.3 is 15.5 Å². The van der Waals surface area contributed by atoms with E-state index in [1.54, 1.807) is 0 Å². The molecule has 0 aromatic rings. The number of amides is 1. The summed E-state index contributed by atoms with van der Waals surface area (Å²) in [5.41, 5.74) is 0. The summed E-state index contributed by atoms with van der Waals surface area (Å²) in [7, 11) is 0. The largest absolute Gasteiger partial charge is 0.357 e. The molecule has 2 atom stereocenters. The van der Waals surface area contributed by atoms with E-state index in [1.165, 1.54) is 19.3 Å². The van der Waals surface area contributed by atoms with Gasteiger partial charge in [0.25, 0.3) is 0 Å². The molecule has 0 aromatic carbocycles. The Kier molecular flexibility index (Phi) is 7.18. The molecule has 0 radical (unpaired) electrons. The molecule has 1 amide bonds. The Bertz CT molecular complexity index is 394. The van der Waals surface area contributed by atoms with Gasteiger partial charge in [-0.15, -0.1) is 0 Å². The summed E-state index contributed by atoms with van der Waals surface area (Å²) in [5, 5.41) is 6.52. The molecule has 2 rings (SSSR count). The minimum atomic E-state index is 0.150. The van der Waals surface area contributed by atoms with E-state index < -0.39 is 0 Å². The standard InChI is InChI=1S/C18H34N4O/c1-4-19-18(22-12-14(2)11-15(3)13-22)20-10-9-17(23)21-16-7-5-6-8-16/h14-16H,4-13H2,1-3H3,(H,19,20)(H,21,23). The number of likely N-dealkylation sites (tertiary alicyclic amines) is 1. The Balaban J connectivity index is 1.81. The first kappa shape index (κ1) is 18.1. The van der Waals surface area contributed by atoms with E-state index in [-0.39, 0.29) is 5.91 Å². The first-order valence-electron chi connectivity index (χ1n) is 9.41. The Morgan fingerprint density at radius 1 is 1.17 bits per heavy atom. The molecule has 2 unspecified atom stereocenters. The van der Waals surface area contributed by atoms with Crippen LogP contribution in [0.3, 0.4) is 0 Å². The van der Waals surface area contributed by atoms with Gasteiger partial charge in [-0.3, -0.25) is 9.79 Å². The Morgan fingerprint density at radius 3 is 2.43 bits per heavy atom. The molecule has 1 heterocycles. The zero-order valence-electron chi connectivity index (χ0n) is 15.1. The van der Waals surface area contributed by atoms with Gasteiger partial charge in [-0.2, -0.15) is 0 Å². The molecule has 1 saturated heterocycles. The fourth-order valence-corrected chi connectivity index (χ4v) is 3.90. The van der Waals surface area contributed by atoms with Crippen LogP contribution in [0.2, 0.25) is 0 Å². The number of guanidine groups is 1. The predicted octanol–water partition coefficient (Wildman–Crippen LogP) is 2.38. The molecule has 2 fully saturated rings. The number of piperidine rings is 1. The van der Waals surface area contributed by atoms with Crippen molar-refractivity contribution in [3.8, 4) is 0 Å². The van der Waals surface area contributed by atoms with E-state index in [9.17, 15) is 4.79 Å². The van der Waals surface area contributed by atoms with Gasteiger partial charge in [-0.25, -0.2) is 0 Å². The average molecular weight is 322 g/mol. The van der Waals surface area contributed by atoms with E-state index in [1.807, 2.05) is 0 Å². The zero-order chi connectivity index (χ0) is 16.7. The highest BCUT2D eigenvalue weighted by molar-refractivity contribution is 5.81. The van der Waals surface area contributed by atoms with Gasteiger partial charge in [-0.05, 0) is 38.0 Å². The van der Waals surface area contributed by atoms with Crippen LogP contribution in [0.5, 0.6) is 0 Å². The highest BCUT2D eigenvalue weighted by atomic mass is 16.1. The summed E-state index contributed by atoms with van der Waals surface area (Å²) < 4.78 is 0. The van der Waals surface area contributed by atoms with Crippen LogP contribution in [0.1, 0.15) is 59.3 Å². The van der Waals surface area contributed by atoms with E-state index in [4.69, 9.17) is 4.99 Å². The quantitative estimate of drug-likeness (QED) is 0.603. The Hall–Kier alpha value is -1.26. The minimum Gasteiger partial charge on any atom is -0.357 e. The molecule has 0 spiro atoms. The maximum atomic E-state index is 12.0. The van der Waals surface area contributed by atoms with Crippen LogP contribution in [-0.4, -0.2) is 49.0 Å².